The van der Waals surface area contributed by atoms with Crippen molar-refractivity contribution in [3.05, 3.63) is 65.7 Å². The van der Waals surface area contributed by atoms with E-state index in [1.165, 1.54) is 0 Å². The number of hydrogen-bond acceptors (Lipinski definition) is 2. The number of hydrogen-bond donors (Lipinski definition) is 1. The molecule has 0 aromatic heterocycles. The molecule has 0 fully saturated rings. The van der Waals surface area contributed by atoms with Gasteiger partial charge in [0.05, 0.1) is 13.2 Å². The minimum atomic E-state index is -0.0768. The smallest absolute Gasteiger partial charge is 0.118 e. The average Bonchev–Trinajstić information content (AvgIpc) is 2.39. The Labute approximate surface area is 95.7 Å². The number of methoxy groups -OCH3 is 1. The van der Waals surface area contributed by atoms with Crippen molar-refractivity contribution in [2.45, 2.75) is 6.04 Å². The van der Waals surface area contributed by atoms with Crippen LogP contribution >= 0.6 is 0 Å². The summed E-state index contributed by atoms with van der Waals surface area (Å²) in [5.74, 6) is 0.851. The maximum atomic E-state index is 6.17. The lowest BCUT2D eigenvalue weighted by Gasteiger charge is -2.12. The molecule has 0 bridgehead atoms. The van der Waals surface area contributed by atoms with Crippen LogP contribution in [0.15, 0.2) is 54.6 Å². The molecule has 0 aliphatic heterocycles. The molecule has 0 saturated heterocycles. The number of nitrogens with two attached hydrogens (primary N) is 1. The van der Waals surface area contributed by atoms with E-state index in [1.807, 2.05) is 54.6 Å². The summed E-state index contributed by atoms with van der Waals surface area (Å²) >= 11 is 0. The molecule has 0 unspecified atom stereocenters. The lowest BCUT2D eigenvalue weighted by molar-refractivity contribution is 0.414. The molecule has 2 nitrogen and oxygen atoms in total. The van der Waals surface area contributed by atoms with Crippen LogP contribution in [0.4, 0.5) is 0 Å². The van der Waals surface area contributed by atoms with Gasteiger partial charge >= 0.3 is 0 Å². The third kappa shape index (κ3) is 2.23. The van der Waals surface area contributed by atoms with Gasteiger partial charge in [-0.25, -0.2) is 0 Å². The highest BCUT2D eigenvalue weighted by Crippen LogP contribution is 2.21. The highest BCUT2D eigenvalue weighted by molar-refractivity contribution is 5.34. The van der Waals surface area contributed by atoms with E-state index in [0.717, 1.165) is 16.9 Å². The summed E-state index contributed by atoms with van der Waals surface area (Å²) in [5.41, 5.74) is 8.38. The average molecular weight is 213 g/mol. The summed E-state index contributed by atoms with van der Waals surface area (Å²) in [7, 11) is 1.66. The fourth-order valence-corrected chi connectivity index (χ4v) is 1.66. The molecule has 1 atom stereocenters. The Kier molecular flexibility index (Phi) is 3.22. The predicted octanol–water partition coefficient (Wildman–Crippen LogP) is 2.74. The monoisotopic (exact) mass is 213 g/mol. The zero-order chi connectivity index (χ0) is 11.4. The van der Waals surface area contributed by atoms with E-state index >= 15 is 0 Å². The molecule has 2 rings (SSSR count). The molecular weight excluding hydrogens is 198 g/mol. The van der Waals surface area contributed by atoms with Crippen molar-refractivity contribution in [1.29, 1.82) is 0 Å². The minimum absolute atomic E-state index is 0.0768. The van der Waals surface area contributed by atoms with Gasteiger partial charge in [-0.3, -0.25) is 0 Å². The summed E-state index contributed by atoms with van der Waals surface area (Å²) in [6, 6.07) is 17.8. The van der Waals surface area contributed by atoms with Crippen LogP contribution in [-0.4, -0.2) is 7.11 Å². The van der Waals surface area contributed by atoms with E-state index in [-0.39, 0.29) is 6.04 Å². The Morgan fingerprint density at radius 3 is 2.00 bits per heavy atom. The van der Waals surface area contributed by atoms with Crippen LogP contribution in [0.2, 0.25) is 0 Å². The van der Waals surface area contributed by atoms with E-state index in [9.17, 15) is 0 Å². The third-order valence-corrected chi connectivity index (χ3v) is 2.63. The van der Waals surface area contributed by atoms with E-state index in [0.29, 0.717) is 0 Å². The van der Waals surface area contributed by atoms with Gasteiger partial charge in [0.1, 0.15) is 5.75 Å². The molecule has 0 amide bonds. The van der Waals surface area contributed by atoms with E-state index in [4.69, 9.17) is 10.5 Å². The van der Waals surface area contributed by atoms with Gasteiger partial charge in [0, 0.05) is 0 Å². The standard InChI is InChI=1S/C14H15NO/c1-16-13-9-7-12(8-10-13)14(15)11-5-3-2-4-6-11/h2-10,14H,15H2,1H3/t14-/m1/s1. The quantitative estimate of drug-likeness (QED) is 0.850. The zero-order valence-electron chi connectivity index (χ0n) is 9.26. The lowest BCUT2D eigenvalue weighted by Crippen LogP contribution is -2.11. The first-order valence-corrected chi connectivity index (χ1v) is 5.26. The number of benzene rings is 2. The van der Waals surface area contributed by atoms with Gasteiger partial charge in [0.2, 0.25) is 0 Å². The van der Waals surface area contributed by atoms with Gasteiger partial charge in [-0.2, -0.15) is 0 Å². The molecule has 0 radical (unpaired) electrons. The van der Waals surface area contributed by atoms with Crippen LogP contribution in [0.1, 0.15) is 17.2 Å². The van der Waals surface area contributed by atoms with Gasteiger partial charge in [0.25, 0.3) is 0 Å². The van der Waals surface area contributed by atoms with Crippen LogP contribution in [0.25, 0.3) is 0 Å². The van der Waals surface area contributed by atoms with Crippen molar-refractivity contribution in [2.75, 3.05) is 7.11 Å². The first-order chi connectivity index (χ1) is 7.81. The largest absolute Gasteiger partial charge is 0.497 e. The molecule has 2 N–H and O–H groups in total. The normalized spacial score (nSPS) is 12.1. The van der Waals surface area contributed by atoms with Crippen molar-refractivity contribution in [2.24, 2.45) is 5.73 Å². The van der Waals surface area contributed by atoms with Crippen LogP contribution in [0.3, 0.4) is 0 Å². The molecule has 0 heterocycles. The second-order valence-electron chi connectivity index (χ2n) is 3.66. The number of rotatable bonds is 3. The summed E-state index contributed by atoms with van der Waals surface area (Å²) in [6.07, 6.45) is 0. The Balaban J connectivity index is 2.24. The Bertz CT molecular complexity index is 436. The predicted molar refractivity (Wildman–Crippen MR) is 65.5 cm³/mol. The van der Waals surface area contributed by atoms with Crippen LogP contribution in [-0.2, 0) is 0 Å². The molecule has 82 valence electrons. The maximum Gasteiger partial charge on any atom is 0.118 e. The molecule has 0 aliphatic rings. The van der Waals surface area contributed by atoms with Gasteiger partial charge in [-0.05, 0) is 23.3 Å². The second kappa shape index (κ2) is 4.81. The maximum absolute atomic E-state index is 6.17. The fourth-order valence-electron chi connectivity index (χ4n) is 1.66. The summed E-state index contributed by atoms with van der Waals surface area (Å²) in [5, 5.41) is 0. The highest BCUT2D eigenvalue weighted by Gasteiger charge is 2.07. The highest BCUT2D eigenvalue weighted by atomic mass is 16.5. The number of ether oxygens (including phenoxy) is 1. The Morgan fingerprint density at radius 1 is 0.875 bits per heavy atom. The third-order valence-electron chi connectivity index (χ3n) is 2.63. The molecule has 2 aromatic carbocycles. The molecule has 16 heavy (non-hydrogen) atoms. The van der Waals surface area contributed by atoms with Gasteiger partial charge in [0.15, 0.2) is 0 Å². The molecule has 0 spiro atoms. The van der Waals surface area contributed by atoms with Gasteiger partial charge in [-0.15, -0.1) is 0 Å². The Hall–Kier alpha value is -1.80. The van der Waals surface area contributed by atoms with Crippen LogP contribution < -0.4 is 10.5 Å². The Morgan fingerprint density at radius 2 is 1.44 bits per heavy atom. The summed E-state index contributed by atoms with van der Waals surface area (Å²) in [4.78, 5) is 0. The van der Waals surface area contributed by atoms with Crippen molar-refractivity contribution in [3.8, 4) is 5.75 Å². The first kappa shape index (κ1) is 10.7. The van der Waals surface area contributed by atoms with Crippen LogP contribution in [0.5, 0.6) is 5.75 Å². The second-order valence-corrected chi connectivity index (χ2v) is 3.66. The van der Waals surface area contributed by atoms with Crippen molar-refractivity contribution >= 4 is 0 Å². The fraction of sp³-hybridized carbons (Fsp3) is 0.143. The molecule has 0 aliphatic carbocycles. The topological polar surface area (TPSA) is 35.2 Å². The molecule has 2 heteroatoms. The van der Waals surface area contributed by atoms with E-state index < -0.39 is 0 Å². The summed E-state index contributed by atoms with van der Waals surface area (Å²) < 4.78 is 5.11. The van der Waals surface area contributed by atoms with E-state index in [1.54, 1.807) is 7.11 Å². The minimum Gasteiger partial charge on any atom is -0.497 e. The van der Waals surface area contributed by atoms with Crippen molar-refractivity contribution < 1.29 is 4.74 Å². The van der Waals surface area contributed by atoms with Gasteiger partial charge in [-0.1, -0.05) is 42.5 Å². The van der Waals surface area contributed by atoms with Gasteiger partial charge < -0.3 is 10.5 Å². The summed E-state index contributed by atoms with van der Waals surface area (Å²) in [6.45, 7) is 0. The molecular formula is C14H15NO. The van der Waals surface area contributed by atoms with Crippen LogP contribution in [0, 0.1) is 0 Å². The lowest BCUT2D eigenvalue weighted by atomic mass is 10.00. The first-order valence-electron chi connectivity index (χ1n) is 5.26. The SMILES string of the molecule is COc1ccc([C@H](N)c2ccccc2)cc1. The van der Waals surface area contributed by atoms with Crippen molar-refractivity contribution in [1.82, 2.24) is 0 Å². The van der Waals surface area contributed by atoms with Crippen molar-refractivity contribution in [3.63, 3.8) is 0 Å². The molecule has 2 aromatic rings. The molecule has 0 saturated carbocycles. The zero-order valence-corrected chi connectivity index (χ0v) is 9.26. The van der Waals surface area contributed by atoms with E-state index in [2.05, 4.69) is 0 Å².